The summed E-state index contributed by atoms with van der Waals surface area (Å²) >= 11 is 0. The molecule has 0 radical (unpaired) electrons. The Morgan fingerprint density at radius 1 is 0.482 bits per heavy atom. The van der Waals surface area contributed by atoms with Crippen molar-refractivity contribution in [2.45, 2.75) is 209 Å². The number of nitrogens with one attached hydrogen (secondary N) is 1. The van der Waals surface area contributed by atoms with Crippen molar-refractivity contribution < 1.29 is 146 Å². The minimum Gasteiger partial charge on any atom is -0.493 e. The molecular formula is C101H122N6O30. The lowest BCUT2D eigenvalue weighted by Gasteiger charge is -2.35. The van der Waals surface area contributed by atoms with Crippen LogP contribution >= 0.6 is 0 Å². The van der Waals surface area contributed by atoms with Gasteiger partial charge < -0.3 is 122 Å². The summed E-state index contributed by atoms with van der Waals surface area (Å²) in [6.45, 7) is 11.9. The number of anilines is 3. The fraction of sp³-hybridized carbons (Fsp3) is 0.495. The molecule has 9 N–H and O–H groups in total. The Kier molecular flexibility index (Phi) is 37.1. The number of fused-ring (bicyclic) bond motifs is 6. The lowest BCUT2D eigenvalue weighted by atomic mass is 9.89. The lowest BCUT2D eigenvalue weighted by molar-refractivity contribution is -0.242. The van der Waals surface area contributed by atoms with Crippen molar-refractivity contribution in [2.24, 2.45) is 0 Å². The number of aliphatic hydroxyl groups excluding tert-OH is 8. The van der Waals surface area contributed by atoms with Crippen LogP contribution in [0, 0.1) is 18.8 Å². The van der Waals surface area contributed by atoms with Gasteiger partial charge in [0.2, 0.25) is 18.1 Å². The van der Waals surface area contributed by atoms with Gasteiger partial charge in [0, 0.05) is 95.1 Å². The van der Waals surface area contributed by atoms with Crippen molar-refractivity contribution in [1.82, 2.24) is 15.1 Å². The van der Waals surface area contributed by atoms with Crippen LogP contribution in [0.15, 0.2) is 133 Å². The van der Waals surface area contributed by atoms with E-state index in [0.29, 0.717) is 99.1 Å². The van der Waals surface area contributed by atoms with Crippen molar-refractivity contribution in [1.29, 1.82) is 0 Å². The number of methoxy groups -OCH3 is 2. The molecular weight excluding hydrogens is 1780 g/mol. The monoisotopic (exact) mass is 1900 g/mol. The smallest absolute Gasteiger partial charge is 0.416 e. The molecule has 6 aromatic carbocycles. The van der Waals surface area contributed by atoms with Crippen LogP contribution < -0.4 is 43.7 Å². The third-order valence-electron chi connectivity index (χ3n) is 24.9. The summed E-state index contributed by atoms with van der Waals surface area (Å²) in [5.74, 6) is 4.85. The summed E-state index contributed by atoms with van der Waals surface area (Å²) < 4.78 is 75.4. The number of aliphatic hydroxyl groups is 8. The lowest BCUT2D eigenvalue weighted by Crippen LogP contribution is -2.54. The predicted octanol–water partition coefficient (Wildman–Crippen LogP) is 8.18. The highest BCUT2D eigenvalue weighted by Gasteiger charge is 2.49. The van der Waals surface area contributed by atoms with E-state index < -0.39 is 117 Å². The molecule has 36 heteroatoms. The minimum atomic E-state index is -1.67. The number of ether oxygens (including phenoxy) is 13. The molecule has 2 unspecified atom stereocenters. The Bertz CT molecular complexity index is 5370. The first-order valence-electron chi connectivity index (χ1n) is 46.5. The SMILES string of the molecule is C=C1C[C@H]2C(O)N(C(=O)OCc3ccc(O[C@@H]4CC[C@@H](O)[C@H](O)[C@H]4O)c(C(=O)CCCCCC(=O)CCOCCOCCOCCOCCC(=O)NCCC(=O)N4Cc5ccccc5C#Cc5ccccc54)c3)c3cc(OCCCCCOc4cc5c(cc4OC)C(=O)N4CC(=C)C[C@H]4C(O)N5C(=O)OCc4ccc(O[C@@H]5OC[C@@H](O)[C@H](O)[C@H]5O)c(C(=O)CCCOC)c4)c(C)cc3C(=O)N2C1. The van der Waals surface area contributed by atoms with Gasteiger partial charge in [0.15, 0.2) is 35.5 Å². The number of unbranched alkanes of at least 4 members (excludes halogenated alkanes) is 4. The van der Waals surface area contributed by atoms with E-state index in [4.69, 9.17) is 61.6 Å². The molecule has 1 saturated carbocycles. The Morgan fingerprint density at radius 3 is 1.64 bits per heavy atom. The number of Topliss-reactive ketones (excluding diaryl/α,β-unsaturated/α-hetero) is 3. The van der Waals surface area contributed by atoms with Gasteiger partial charge >= 0.3 is 12.2 Å². The Labute approximate surface area is 794 Å². The number of ketones is 3. The average Bonchev–Trinajstić information content (AvgIpc) is 1.61. The van der Waals surface area contributed by atoms with Gasteiger partial charge in [-0.2, -0.15) is 0 Å². The largest absolute Gasteiger partial charge is 0.493 e. The average molecular weight is 1900 g/mol. The van der Waals surface area contributed by atoms with E-state index in [9.17, 15) is 84.0 Å². The molecule has 6 amide bonds. The summed E-state index contributed by atoms with van der Waals surface area (Å²) in [5.41, 5.74) is 5.87. The van der Waals surface area contributed by atoms with E-state index in [1.807, 2.05) is 48.5 Å². The molecule has 4 fully saturated rings. The summed E-state index contributed by atoms with van der Waals surface area (Å²) in [6, 6.07) is 28.2. The van der Waals surface area contributed by atoms with Crippen LogP contribution in [0.25, 0.3) is 0 Å². The van der Waals surface area contributed by atoms with E-state index in [1.54, 1.807) is 24.0 Å². The molecule has 6 aliphatic heterocycles. The van der Waals surface area contributed by atoms with Gasteiger partial charge in [0.1, 0.15) is 72.9 Å². The van der Waals surface area contributed by atoms with E-state index in [-0.39, 0.29) is 229 Å². The molecule has 1 aliphatic carbocycles. The van der Waals surface area contributed by atoms with Gasteiger partial charge in [-0.1, -0.05) is 85.0 Å². The molecule has 0 spiro atoms. The molecule has 736 valence electrons. The van der Waals surface area contributed by atoms with Crippen LogP contribution in [0.2, 0.25) is 0 Å². The Balaban J connectivity index is 0.555. The molecule has 13 rings (SSSR count). The van der Waals surface area contributed by atoms with E-state index in [0.717, 1.165) is 32.2 Å². The number of aryl methyl sites for hydroxylation is 1. The third-order valence-corrected chi connectivity index (χ3v) is 24.9. The molecule has 3 saturated heterocycles. The maximum atomic E-state index is 14.8. The van der Waals surface area contributed by atoms with Gasteiger partial charge in [-0.25, -0.2) is 19.4 Å². The van der Waals surface area contributed by atoms with Crippen LogP contribution in [-0.4, -0.2) is 291 Å². The second kappa shape index (κ2) is 49.5. The fourth-order valence-electron chi connectivity index (χ4n) is 17.4. The van der Waals surface area contributed by atoms with Crippen molar-refractivity contribution in [3.8, 4) is 40.6 Å². The fourth-order valence-corrected chi connectivity index (χ4v) is 17.4. The van der Waals surface area contributed by atoms with Gasteiger partial charge in [-0.15, -0.1) is 0 Å². The molecule has 36 nitrogen and oxygen atoms in total. The molecule has 6 aromatic rings. The van der Waals surface area contributed by atoms with Gasteiger partial charge in [-0.3, -0.25) is 33.6 Å². The number of carbonyl (C=O) groups is 9. The zero-order valence-electron chi connectivity index (χ0n) is 77.3. The zero-order valence-corrected chi connectivity index (χ0v) is 77.3. The second-order valence-electron chi connectivity index (χ2n) is 34.8. The molecule has 6 heterocycles. The summed E-state index contributed by atoms with van der Waals surface area (Å²) in [7, 11) is 2.87. The van der Waals surface area contributed by atoms with Gasteiger partial charge in [-0.05, 0) is 148 Å². The normalized spacial score (nSPS) is 21.5. The van der Waals surface area contributed by atoms with Gasteiger partial charge in [0.25, 0.3) is 11.8 Å². The van der Waals surface area contributed by atoms with Crippen LogP contribution in [0.3, 0.4) is 0 Å². The quantitative estimate of drug-likeness (QED) is 0.00752. The predicted molar refractivity (Wildman–Crippen MR) is 495 cm³/mol. The number of carbonyl (C=O) groups excluding carboxylic acids is 9. The first-order valence-corrected chi connectivity index (χ1v) is 46.5. The molecule has 0 bridgehead atoms. The van der Waals surface area contributed by atoms with E-state index in [1.165, 1.54) is 72.6 Å². The standard InChI is InChI=1S/C101H122N6O30/c1-61-47-77-97(121)106(100(123)134-58-64-24-29-83(136-85-31-28-81(111)91(115)93(85)117)72(50-64)79(109)22-9-6-8-20-69(108)33-39-127-41-43-129-45-46-130-44-42-128-40-34-89(113)102-35-32-90(114)103-57-68-19-11-10-17-66(68)26-27-67-18-12-13-21-74(67)103)75-53-86(63(3)49-70(75)95(119)104(77)55-61)131-37-14-7-15-38-132-88-54-76-71(52-87(88)126-5)96(120)105-56-62(2)48-78(105)98(122)107(76)101(124)135-59-65-25-30-84(73(51-65)80(110)23-16-36-125-4)137-99-94(118)92(116)82(112)60-133-99/h10-13,17-19,21,24-25,29-30,49-54,77-78,81-82,85,91-94,97-99,111-112,115-118,121-122H,1-2,6-9,14-16,20,22-23,28,31-48,55-60H2,3-5H3,(H,102,113)/t77-,78-,81+,82+,85+,91-,92-,93-,94+,97?,98?,99-/m0/s1. The highest BCUT2D eigenvalue weighted by Crippen LogP contribution is 2.45. The highest BCUT2D eigenvalue weighted by molar-refractivity contribution is 6.08. The van der Waals surface area contributed by atoms with E-state index in [2.05, 4.69) is 30.3 Å². The third kappa shape index (κ3) is 26.4. The number of hydrogen-bond donors (Lipinski definition) is 9. The maximum Gasteiger partial charge on any atom is 0.416 e. The summed E-state index contributed by atoms with van der Waals surface area (Å²) in [6.07, 6.45) is -12.3. The highest BCUT2D eigenvalue weighted by atomic mass is 16.7. The van der Waals surface area contributed by atoms with Crippen LogP contribution in [-0.2, 0) is 72.0 Å². The minimum absolute atomic E-state index is 0.00236. The Hall–Kier alpha value is -11.8. The summed E-state index contributed by atoms with van der Waals surface area (Å²) in [5, 5.41) is 90.1. The maximum absolute atomic E-state index is 14.8. The molecule has 12 atom stereocenters. The van der Waals surface area contributed by atoms with Crippen LogP contribution in [0.4, 0.5) is 26.7 Å². The van der Waals surface area contributed by atoms with Crippen molar-refractivity contribution in [3.05, 3.63) is 189 Å². The Morgan fingerprint density at radius 2 is 1.01 bits per heavy atom. The first kappa shape index (κ1) is 103. The van der Waals surface area contributed by atoms with Crippen LogP contribution in [0.5, 0.6) is 28.7 Å². The molecule has 7 aliphatic rings. The molecule has 0 aromatic heterocycles. The van der Waals surface area contributed by atoms with Crippen molar-refractivity contribution in [3.63, 3.8) is 0 Å². The number of para-hydroxylation sites is 1. The van der Waals surface area contributed by atoms with E-state index >= 15 is 0 Å². The number of rotatable bonds is 47. The summed E-state index contributed by atoms with van der Waals surface area (Å²) in [4.78, 5) is 132. The number of amides is 6. The topological polar surface area (TPSA) is 464 Å². The first-order chi connectivity index (χ1) is 66.2. The van der Waals surface area contributed by atoms with Gasteiger partial charge in [0.05, 0.1) is 144 Å². The number of nitrogens with zero attached hydrogens (tertiary/aromatic N) is 5. The molecule has 137 heavy (non-hydrogen) atoms. The van der Waals surface area contributed by atoms with Crippen molar-refractivity contribution in [2.75, 3.05) is 128 Å². The second-order valence-corrected chi connectivity index (χ2v) is 34.8. The zero-order chi connectivity index (χ0) is 97.3. The van der Waals surface area contributed by atoms with Crippen LogP contribution in [0.1, 0.15) is 184 Å². The van der Waals surface area contributed by atoms with Crippen molar-refractivity contribution >= 4 is 70.2 Å². The number of benzene rings is 6. The number of hydrogen-bond acceptors (Lipinski definition) is 30.